The van der Waals surface area contributed by atoms with Gasteiger partial charge >= 0.3 is 5.69 Å². The number of nitrogens with zero attached hydrogens (tertiary/aromatic N) is 5. The van der Waals surface area contributed by atoms with Crippen LogP contribution in [0.15, 0.2) is 29.2 Å². The number of piperazine rings is 1. The van der Waals surface area contributed by atoms with Crippen LogP contribution >= 0.6 is 0 Å². The predicted octanol–water partition coefficient (Wildman–Crippen LogP) is 1.55. The van der Waals surface area contributed by atoms with Crippen molar-refractivity contribution >= 4 is 5.65 Å². The summed E-state index contributed by atoms with van der Waals surface area (Å²) < 4.78 is 3.19. The van der Waals surface area contributed by atoms with Crippen LogP contribution in [0.3, 0.4) is 0 Å². The summed E-state index contributed by atoms with van der Waals surface area (Å²) in [7, 11) is 0. The number of fused-ring (bicyclic) bond motifs is 1. The van der Waals surface area contributed by atoms with Crippen LogP contribution in [-0.4, -0.2) is 63.2 Å². The minimum absolute atomic E-state index is 0.0468. The predicted molar refractivity (Wildman–Crippen MR) is 96.4 cm³/mol. The van der Waals surface area contributed by atoms with Gasteiger partial charge in [-0.2, -0.15) is 0 Å². The normalized spacial score (nSPS) is 17.6. The second-order valence-electron chi connectivity index (χ2n) is 7.93. The van der Waals surface area contributed by atoms with Gasteiger partial charge in [-0.15, -0.1) is 5.10 Å². The first-order valence-corrected chi connectivity index (χ1v) is 8.91. The zero-order chi connectivity index (χ0) is 17.2. The number of rotatable bonds is 5. The Morgan fingerprint density at radius 2 is 1.67 bits per heavy atom. The van der Waals surface area contributed by atoms with Gasteiger partial charge in [0, 0.05) is 38.9 Å². The second-order valence-corrected chi connectivity index (χ2v) is 7.93. The van der Waals surface area contributed by atoms with Crippen LogP contribution in [0.1, 0.15) is 27.2 Å². The van der Waals surface area contributed by atoms with E-state index in [0.29, 0.717) is 12.0 Å². The fourth-order valence-corrected chi connectivity index (χ4v) is 3.08. The van der Waals surface area contributed by atoms with Crippen LogP contribution in [0.5, 0.6) is 0 Å². The Bertz CT molecular complexity index is 719. The van der Waals surface area contributed by atoms with Crippen molar-refractivity contribution < 1.29 is 0 Å². The maximum absolute atomic E-state index is 12.3. The molecule has 1 fully saturated rings. The number of hydrogen-bond acceptors (Lipinski definition) is 4. The van der Waals surface area contributed by atoms with E-state index in [1.165, 1.54) is 13.0 Å². The van der Waals surface area contributed by atoms with E-state index in [-0.39, 0.29) is 5.69 Å². The molecule has 132 valence electrons. The van der Waals surface area contributed by atoms with E-state index < -0.39 is 0 Å². The van der Waals surface area contributed by atoms with Gasteiger partial charge in [0.05, 0.1) is 6.54 Å². The van der Waals surface area contributed by atoms with Gasteiger partial charge in [0.1, 0.15) is 0 Å². The van der Waals surface area contributed by atoms with Gasteiger partial charge in [0.15, 0.2) is 5.65 Å². The zero-order valence-corrected chi connectivity index (χ0v) is 15.1. The van der Waals surface area contributed by atoms with Crippen molar-refractivity contribution in [2.24, 2.45) is 5.41 Å². The third kappa shape index (κ3) is 4.24. The van der Waals surface area contributed by atoms with Crippen LogP contribution < -0.4 is 5.69 Å². The second kappa shape index (κ2) is 7.07. The molecular formula is C18H29N5O. The highest BCUT2D eigenvalue weighted by molar-refractivity contribution is 5.35. The first-order valence-electron chi connectivity index (χ1n) is 8.91. The molecule has 3 heterocycles. The van der Waals surface area contributed by atoms with Gasteiger partial charge in [0.2, 0.25) is 0 Å². The molecule has 6 heteroatoms. The van der Waals surface area contributed by atoms with E-state index in [2.05, 4.69) is 35.7 Å². The highest BCUT2D eigenvalue weighted by Gasteiger charge is 2.19. The Kier molecular flexibility index (Phi) is 5.06. The Balaban J connectivity index is 1.48. The summed E-state index contributed by atoms with van der Waals surface area (Å²) in [5.74, 6) is 0. The van der Waals surface area contributed by atoms with Gasteiger partial charge < -0.3 is 4.90 Å². The molecule has 0 bridgehead atoms. The lowest BCUT2D eigenvalue weighted by molar-refractivity contribution is 0.117. The topological polar surface area (TPSA) is 45.8 Å². The highest BCUT2D eigenvalue weighted by Crippen LogP contribution is 2.19. The molecule has 0 unspecified atom stereocenters. The summed E-state index contributed by atoms with van der Waals surface area (Å²) in [4.78, 5) is 17.3. The van der Waals surface area contributed by atoms with E-state index in [9.17, 15) is 4.79 Å². The van der Waals surface area contributed by atoms with E-state index in [1.807, 2.05) is 18.2 Å². The third-order valence-corrected chi connectivity index (χ3v) is 4.76. The third-order valence-electron chi connectivity index (χ3n) is 4.76. The van der Waals surface area contributed by atoms with Gasteiger partial charge in [-0.05, 0) is 30.5 Å². The summed E-state index contributed by atoms with van der Waals surface area (Å²) in [6.45, 7) is 14.0. The van der Waals surface area contributed by atoms with Gasteiger partial charge in [-0.25, -0.2) is 9.48 Å². The molecule has 24 heavy (non-hydrogen) atoms. The first kappa shape index (κ1) is 17.2. The Labute approximate surface area is 143 Å². The van der Waals surface area contributed by atoms with E-state index in [1.54, 1.807) is 15.3 Å². The summed E-state index contributed by atoms with van der Waals surface area (Å²) in [6, 6.07) is 5.63. The maximum Gasteiger partial charge on any atom is 0.350 e. The summed E-state index contributed by atoms with van der Waals surface area (Å²) in [5, 5.41) is 4.40. The molecule has 6 nitrogen and oxygen atoms in total. The van der Waals surface area contributed by atoms with Gasteiger partial charge in [0.25, 0.3) is 0 Å². The van der Waals surface area contributed by atoms with Crippen molar-refractivity contribution in [1.82, 2.24) is 24.0 Å². The summed E-state index contributed by atoms with van der Waals surface area (Å²) in [6.07, 6.45) is 3.01. The molecule has 0 amide bonds. The summed E-state index contributed by atoms with van der Waals surface area (Å²) in [5.41, 5.74) is 1.07. The molecule has 1 aliphatic rings. The molecule has 0 aliphatic carbocycles. The molecule has 0 radical (unpaired) electrons. The lowest BCUT2D eigenvalue weighted by Crippen LogP contribution is -2.48. The molecule has 0 aromatic carbocycles. The average Bonchev–Trinajstić information content (AvgIpc) is 2.88. The molecule has 3 rings (SSSR count). The molecule has 0 saturated carbocycles. The summed E-state index contributed by atoms with van der Waals surface area (Å²) >= 11 is 0. The maximum atomic E-state index is 12.3. The van der Waals surface area contributed by atoms with Crippen molar-refractivity contribution in [3.8, 4) is 0 Å². The Morgan fingerprint density at radius 3 is 2.29 bits per heavy atom. The van der Waals surface area contributed by atoms with Crippen LogP contribution in [0.2, 0.25) is 0 Å². The zero-order valence-electron chi connectivity index (χ0n) is 15.1. The standard InChI is InChI=1S/C18H29N5O/c1-18(2,3)7-9-20-10-12-21(13-11-20)14-15-23-17(24)22-8-5-4-6-16(22)19-23/h4-6,8H,7,9-15H2,1-3H3. The lowest BCUT2D eigenvalue weighted by Gasteiger charge is -2.35. The molecule has 0 spiro atoms. The van der Waals surface area contributed by atoms with E-state index in [0.717, 1.165) is 38.4 Å². The van der Waals surface area contributed by atoms with Crippen LogP contribution in [0.4, 0.5) is 0 Å². The Hall–Kier alpha value is -1.66. The smallest absolute Gasteiger partial charge is 0.301 e. The highest BCUT2D eigenvalue weighted by atomic mass is 16.2. The van der Waals surface area contributed by atoms with Crippen LogP contribution in [-0.2, 0) is 6.54 Å². The molecule has 2 aromatic rings. The Morgan fingerprint density at radius 1 is 1.00 bits per heavy atom. The van der Waals surface area contributed by atoms with Crippen molar-refractivity contribution in [2.45, 2.75) is 33.7 Å². The lowest BCUT2D eigenvalue weighted by atomic mass is 9.92. The molecule has 1 saturated heterocycles. The molecule has 1 aliphatic heterocycles. The average molecular weight is 331 g/mol. The van der Waals surface area contributed by atoms with Crippen LogP contribution in [0, 0.1) is 5.41 Å². The molecule has 2 aromatic heterocycles. The first-order chi connectivity index (χ1) is 11.4. The monoisotopic (exact) mass is 331 g/mol. The largest absolute Gasteiger partial charge is 0.350 e. The van der Waals surface area contributed by atoms with Gasteiger partial charge in [-0.1, -0.05) is 26.8 Å². The fourth-order valence-electron chi connectivity index (χ4n) is 3.08. The van der Waals surface area contributed by atoms with Crippen molar-refractivity contribution in [3.05, 3.63) is 34.9 Å². The van der Waals surface area contributed by atoms with E-state index >= 15 is 0 Å². The molecule has 0 atom stereocenters. The van der Waals surface area contributed by atoms with Gasteiger partial charge in [-0.3, -0.25) is 9.30 Å². The fraction of sp³-hybridized carbons (Fsp3) is 0.667. The molecule has 0 N–H and O–H groups in total. The number of hydrogen-bond donors (Lipinski definition) is 0. The van der Waals surface area contributed by atoms with Crippen molar-refractivity contribution in [2.75, 3.05) is 39.3 Å². The minimum Gasteiger partial charge on any atom is -0.301 e. The molecular weight excluding hydrogens is 302 g/mol. The van der Waals surface area contributed by atoms with Crippen molar-refractivity contribution in [3.63, 3.8) is 0 Å². The minimum atomic E-state index is -0.0468. The van der Waals surface area contributed by atoms with E-state index in [4.69, 9.17) is 0 Å². The van der Waals surface area contributed by atoms with Crippen molar-refractivity contribution in [1.29, 1.82) is 0 Å². The SMILES string of the molecule is CC(C)(C)CCN1CCN(CCn2nc3ccccn3c2=O)CC1. The quantitative estimate of drug-likeness (QED) is 0.834. The number of pyridine rings is 1. The van der Waals surface area contributed by atoms with Crippen LogP contribution in [0.25, 0.3) is 5.65 Å². The number of aromatic nitrogens is 3.